The predicted octanol–water partition coefficient (Wildman–Crippen LogP) is 0.951. The second kappa shape index (κ2) is 6.76. The molecule has 1 aromatic rings. The first-order chi connectivity index (χ1) is 9.55. The third kappa shape index (κ3) is 5.64. The first kappa shape index (κ1) is 17.9. The number of nitrogens with zero attached hydrogens (tertiary/aromatic N) is 2. The van der Waals surface area contributed by atoms with E-state index in [2.05, 4.69) is 9.82 Å². The number of nitrogens with one attached hydrogen (secondary N) is 1. The summed E-state index contributed by atoms with van der Waals surface area (Å²) in [5.41, 5.74) is 5.58. The van der Waals surface area contributed by atoms with Crippen molar-refractivity contribution >= 4 is 15.8 Å². The molecule has 0 spiro atoms. The van der Waals surface area contributed by atoms with Crippen LogP contribution in [0.1, 0.15) is 40.5 Å². The molecule has 1 rings (SSSR count). The highest BCUT2D eigenvalue weighted by molar-refractivity contribution is 7.89. The van der Waals surface area contributed by atoms with Gasteiger partial charge >= 0.3 is 0 Å². The van der Waals surface area contributed by atoms with Gasteiger partial charge in [-0.05, 0) is 18.3 Å². The lowest BCUT2D eigenvalue weighted by atomic mass is 9.89. The predicted molar refractivity (Wildman–Crippen MR) is 82.2 cm³/mol. The quantitative estimate of drug-likeness (QED) is 0.693. The van der Waals surface area contributed by atoms with Gasteiger partial charge in [-0.2, -0.15) is 5.10 Å². The highest BCUT2D eigenvalue weighted by Gasteiger charge is 2.23. The number of aromatic nitrogens is 2. The Bertz CT molecular complexity index is 560. The zero-order valence-electron chi connectivity index (χ0n) is 13.1. The molecular formula is C13H26N4O3S. The Morgan fingerprint density at radius 1 is 1.48 bits per heavy atom. The van der Waals surface area contributed by atoms with Crippen molar-refractivity contribution in [3.63, 3.8) is 0 Å². The minimum atomic E-state index is -3.76. The number of aliphatic hydroxyl groups excluding tert-OH is 1. The second-order valence-electron chi connectivity index (χ2n) is 6.41. The van der Waals surface area contributed by atoms with Crippen LogP contribution >= 0.6 is 0 Å². The molecule has 0 aliphatic rings. The number of hydrogen-bond acceptors (Lipinski definition) is 5. The summed E-state index contributed by atoms with van der Waals surface area (Å²) in [7, 11) is -3.76. The first-order valence-electron chi connectivity index (χ1n) is 7.06. The number of sulfonamides is 1. The maximum Gasteiger partial charge on any atom is 0.245 e. The van der Waals surface area contributed by atoms with E-state index in [1.807, 2.05) is 27.7 Å². The first-order valence-corrected chi connectivity index (χ1v) is 8.54. The molecule has 1 unspecified atom stereocenters. The average Bonchev–Trinajstić information content (AvgIpc) is 2.67. The Labute approximate surface area is 126 Å². The molecule has 1 aromatic heterocycles. The lowest BCUT2D eigenvalue weighted by molar-refractivity contribution is 0.125. The Hall–Kier alpha value is -1.12. The molecule has 0 radical (unpaired) electrons. The van der Waals surface area contributed by atoms with Crippen molar-refractivity contribution in [2.75, 3.05) is 12.3 Å². The lowest BCUT2D eigenvalue weighted by Crippen LogP contribution is -2.34. The van der Waals surface area contributed by atoms with Crippen molar-refractivity contribution in [2.45, 2.75) is 58.1 Å². The van der Waals surface area contributed by atoms with Crippen LogP contribution in [0.3, 0.4) is 0 Å². The summed E-state index contributed by atoms with van der Waals surface area (Å²) in [4.78, 5) is -0.0427. The van der Waals surface area contributed by atoms with Crippen molar-refractivity contribution in [3.05, 3.63) is 6.20 Å². The molecule has 0 aliphatic heterocycles. The molecule has 122 valence electrons. The van der Waals surface area contributed by atoms with E-state index in [0.29, 0.717) is 13.0 Å². The second-order valence-corrected chi connectivity index (χ2v) is 8.15. The highest BCUT2D eigenvalue weighted by atomic mass is 32.2. The molecule has 1 heterocycles. The summed E-state index contributed by atoms with van der Waals surface area (Å²) in [6.07, 6.45) is 2.00. The number of aliphatic hydroxyl groups is 1. The van der Waals surface area contributed by atoms with Gasteiger partial charge in [-0.3, -0.25) is 4.68 Å². The maximum atomic E-state index is 12.2. The number of nitrogens with two attached hydrogens (primary N) is 1. The standard InChI is InChI=1S/C13H26N4O3S/c1-5-6-17-9-11(12(14)16-17)21(19,20)15-8-10(18)7-13(2,3)4/h9-10,15,18H,5-8H2,1-4H3,(H2,14,16). The van der Waals surface area contributed by atoms with Gasteiger partial charge in [0, 0.05) is 19.3 Å². The third-order valence-electron chi connectivity index (χ3n) is 2.85. The fraction of sp³-hybridized carbons (Fsp3) is 0.769. The fourth-order valence-electron chi connectivity index (χ4n) is 2.03. The zero-order chi connectivity index (χ0) is 16.3. The van der Waals surface area contributed by atoms with Gasteiger partial charge in [0.05, 0.1) is 6.10 Å². The summed E-state index contributed by atoms with van der Waals surface area (Å²) in [5, 5.41) is 13.8. The van der Waals surface area contributed by atoms with Crippen LogP contribution in [-0.2, 0) is 16.6 Å². The van der Waals surface area contributed by atoms with Crippen LogP contribution < -0.4 is 10.5 Å². The molecule has 0 aromatic carbocycles. The molecule has 4 N–H and O–H groups in total. The molecular weight excluding hydrogens is 292 g/mol. The summed E-state index contributed by atoms with van der Waals surface area (Å²) < 4.78 is 28.3. The van der Waals surface area contributed by atoms with Crippen molar-refractivity contribution in [3.8, 4) is 0 Å². The molecule has 0 fully saturated rings. The SMILES string of the molecule is CCCn1cc(S(=O)(=O)NCC(O)CC(C)(C)C)c(N)n1. The Morgan fingerprint density at radius 2 is 2.10 bits per heavy atom. The smallest absolute Gasteiger partial charge is 0.245 e. The molecule has 0 amide bonds. The van der Waals surface area contributed by atoms with Crippen LogP contribution in [0.2, 0.25) is 0 Å². The number of aryl methyl sites for hydroxylation is 1. The molecule has 1 atom stereocenters. The van der Waals surface area contributed by atoms with Crippen molar-refractivity contribution in [1.29, 1.82) is 0 Å². The van der Waals surface area contributed by atoms with Gasteiger partial charge in [-0.1, -0.05) is 27.7 Å². The van der Waals surface area contributed by atoms with Crippen LogP contribution in [-0.4, -0.2) is 36.0 Å². The summed E-state index contributed by atoms with van der Waals surface area (Å²) in [5.74, 6) is -0.0266. The van der Waals surface area contributed by atoms with E-state index in [4.69, 9.17) is 5.73 Å². The largest absolute Gasteiger partial charge is 0.392 e. The Morgan fingerprint density at radius 3 is 2.62 bits per heavy atom. The molecule has 0 bridgehead atoms. The van der Waals surface area contributed by atoms with E-state index in [-0.39, 0.29) is 22.7 Å². The fourth-order valence-corrected chi connectivity index (χ4v) is 3.18. The third-order valence-corrected chi connectivity index (χ3v) is 4.29. The molecule has 0 saturated heterocycles. The van der Waals surface area contributed by atoms with Gasteiger partial charge in [0.15, 0.2) is 5.82 Å². The van der Waals surface area contributed by atoms with Crippen molar-refractivity contribution in [2.24, 2.45) is 5.41 Å². The van der Waals surface area contributed by atoms with Crippen molar-refractivity contribution < 1.29 is 13.5 Å². The normalized spacial score (nSPS) is 14.3. The van der Waals surface area contributed by atoms with Crippen LogP contribution in [0, 0.1) is 5.41 Å². The van der Waals surface area contributed by atoms with E-state index >= 15 is 0 Å². The van der Waals surface area contributed by atoms with E-state index in [0.717, 1.165) is 6.42 Å². The van der Waals surface area contributed by atoms with Gasteiger partial charge in [0.25, 0.3) is 0 Å². The lowest BCUT2D eigenvalue weighted by Gasteiger charge is -2.22. The Kier molecular flexibility index (Phi) is 5.77. The average molecular weight is 318 g/mol. The molecule has 0 aliphatic carbocycles. The van der Waals surface area contributed by atoms with Crippen LogP contribution in [0.15, 0.2) is 11.1 Å². The van der Waals surface area contributed by atoms with Crippen LogP contribution in [0.25, 0.3) is 0 Å². The van der Waals surface area contributed by atoms with E-state index < -0.39 is 16.1 Å². The monoisotopic (exact) mass is 318 g/mol. The number of nitrogen functional groups attached to an aromatic ring is 1. The maximum absolute atomic E-state index is 12.2. The molecule has 7 nitrogen and oxygen atoms in total. The van der Waals surface area contributed by atoms with E-state index in [1.54, 1.807) is 0 Å². The van der Waals surface area contributed by atoms with E-state index in [1.165, 1.54) is 10.9 Å². The summed E-state index contributed by atoms with van der Waals surface area (Å²) >= 11 is 0. The topological polar surface area (TPSA) is 110 Å². The van der Waals surface area contributed by atoms with Gasteiger partial charge in [-0.25, -0.2) is 13.1 Å². The minimum absolute atomic E-state index is 0.0266. The number of hydrogen-bond donors (Lipinski definition) is 3. The van der Waals surface area contributed by atoms with Gasteiger partial charge in [0.2, 0.25) is 10.0 Å². The van der Waals surface area contributed by atoms with Crippen LogP contribution in [0.5, 0.6) is 0 Å². The van der Waals surface area contributed by atoms with Gasteiger partial charge in [0.1, 0.15) is 4.90 Å². The summed E-state index contributed by atoms with van der Waals surface area (Å²) in [6, 6.07) is 0. The molecule has 8 heteroatoms. The minimum Gasteiger partial charge on any atom is -0.392 e. The zero-order valence-corrected chi connectivity index (χ0v) is 13.9. The van der Waals surface area contributed by atoms with Crippen molar-refractivity contribution in [1.82, 2.24) is 14.5 Å². The molecule has 0 saturated carbocycles. The Balaban J connectivity index is 2.73. The summed E-state index contributed by atoms with van der Waals surface area (Å²) in [6.45, 7) is 8.48. The van der Waals surface area contributed by atoms with Gasteiger partial charge in [-0.15, -0.1) is 0 Å². The highest BCUT2D eigenvalue weighted by Crippen LogP contribution is 2.21. The van der Waals surface area contributed by atoms with Gasteiger partial charge < -0.3 is 10.8 Å². The number of anilines is 1. The number of rotatable bonds is 7. The van der Waals surface area contributed by atoms with E-state index in [9.17, 15) is 13.5 Å². The molecule has 21 heavy (non-hydrogen) atoms. The van der Waals surface area contributed by atoms with Crippen LogP contribution in [0.4, 0.5) is 5.82 Å².